The van der Waals surface area contributed by atoms with Gasteiger partial charge in [-0.1, -0.05) is 6.07 Å². The normalized spacial score (nSPS) is 14.8. The van der Waals surface area contributed by atoms with E-state index >= 15 is 0 Å². The summed E-state index contributed by atoms with van der Waals surface area (Å²) in [5, 5.41) is 13.2. The van der Waals surface area contributed by atoms with Gasteiger partial charge in [0.1, 0.15) is 0 Å². The molecule has 0 radical (unpaired) electrons. The molecule has 1 N–H and O–H groups in total. The number of imide groups is 1. The molecule has 3 amide bonds. The predicted octanol–water partition coefficient (Wildman–Crippen LogP) is 2.46. The fourth-order valence-corrected chi connectivity index (χ4v) is 3.53. The van der Waals surface area contributed by atoms with E-state index in [4.69, 9.17) is 4.74 Å². The van der Waals surface area contributed by atoms with E-state index in [1.54, 1.807) is 30.6 Å². The molecule has 2 heterocycles. The molecule has 0 spiro atoms. The van der Waals surface area contributed by atoms with Gasteiger partial charge >= 0.3 is 5.69 Å². The van der Waals surface area contributed by atoms with Crippen LogP contribution in [-0.2, 0) is 4.79 Å². The van der Waals surface area contributed by atoms with Crippen LogP contribution in [0.25, 0.3) is 6.08 Å². The van der Waals surface area contributed by atoms with Crippen molar-refractivity contribution in [2.45, 2.75) is 0 Å². The third-order valence-electron chi connectivity index (χ3n) is 4.11. The Hall–Kier alpha value is -3.73. The Kier molecular flexibility index (Phi) is 6.42. The molecule has 1 aliphatic heterocycles. The van der Waals surface area contributed by atoms with Crippen LogP contribution in [0.4, 0.5) is 10.5 Å². The van der Waals surface area contributed by atoms with E-state index in [0.717, 1.165) is 22.7 Å². The summed E-state index contributed by atoms with van der Waals surface area (Å²) in [7, 11) is 1.29. The highest BCUT2D eigenvalue weighted by Crippen LogP contribution is 2.32. The van der Waals surface area contributed by atoms with E-state index in [1.807, 2.05) is 0 Å². The number of hydrogen-bond donors (Lipinski definition) is 1. The number of methoxy groups -OCH3 is 1. The summed E-state index contributed by atoms with van der Waals surface area (Å²) in [4.78, 5) is 52.5. The van der Waals surface area contributed by atoms with Gasteiger partial charge in [-0.25, -0.2) is 0 Å². The SMILES string of the molecule is COc1ccc(C(=O)NCCN2C(=O)S/C(=C/c3cccnc3)C2=O)cc1[N+](=O)[O-]. The number of carbonyl (C=O) groups excluding carboxylic acids is 3. The molecular weight excluding hydrogens is 412 g/mol. The number of carbonyl (C=O) groups is 3. The van der Waals surface area contributed by atoms with Crippen LogP contribution in [0.5, 0.6) is 5.75 Å². The summed E-state index contributed by atoms with van der Waals surface area (Å²) in [5.74, 6) is -0.989. The van der Waals surface area contributed by atoms with Gasteiger partial charge in [-0.3, -0.25) is 34.4 Å². The van der Waals surface area contributed by atoms with Gasteiger partial charge in [0.05, 0.1) is 16.9 Å². The number of aromatic nitrogens is 1. The van der Waals surface area contributed by atoms with Crippen LogP contribution in [0.15, 0.2) is 47.6 Å². The Morgan fingerprint density at radius 3 is 2.83 bits per heavy atom. The van der Waals surface area contributed by atoms with Crippen molar-refractivity contribution in [2.75, 3.05) is 20.2 Å². The summed E-state index contributed by atoms with van der Waals surface area (Å²) < 4.78 is 4.90. The van der Waals surface area contributed by atoms with Crippen molar-refractivity contribution in [1.82, 2.24) is 15.2 Å². The lowest BCUT2D eigenvalue weighted by Gasteiger charge is -2.13. The minimum atomic E-state index is -0.648. The first kappa shape index (κ1) is 21.0. The lowest BCUT2D eigenvalue weighted by Crippen LogP contribution is -2.37. The van der Waals surface area contributed by atoms with Crippen molar-refractivity contribution in [3.05, 3.63) is 68.9 Å². The molecule has 30 heavy (non-hydrogen) atoms. The quantitative estimate of drug-likeness (QED) is 0.404. The summed E-state index contributed by atoms with van der Waals surface area (Å²) in [6.45, 7) is -0.0318. The monoisotopic (exact) mass is 428 g/mol. The molecule has 10 nitrogen and oxygen atoms in total. The van der Waals surface area contributed by atoms with Crippen LogP contribution < -0.4 is 10.1 Å². The average Bonchev–Trinajstić information content (AvgIpc) is 3.01. The van der Waals surface area contributed by atoms with Gasteiger partial charge in [0.15, 0.2) is 5.75 Å². The Bertz CT molecular complexity index is 1040. The molecule has 1 fully saturated rings. The smallest absolute Gasteiger partial charge is 0.311 e. The van der Waals surface area contributed by atoms with E-state index in [1.165, 1.54) is 19.2 Å². The molecule has 0 unspecified atom stereocenters. The largest absolute Gasteiger partial charge is 0.490 e. The summed E-state index contributed by atoms with van der Waals surface area (Å²) in [6.07, 6.45) is 4.75. The molecular formula is C19H16N4O6S. The number of amides is 3. The van der Waals surface area contributed by atoms with Crippen molar-refractivity contribution in [1.29, 1.82) is 0 Å². The molecule has 0 atom stereocenters. The van der Waals surface area contributed by atoms with Crippen molar-refractivity contribution < 1.29 is 24.0 Å². The van der Waals surface area contributed by atoms with Gasteiger partial charge in [-0.15, -0.1) is 0 Å². The van der Waals surface area contributed by atoms with Gasteiger partial charge < -0.3 is 10.1 Å². The van der Waals surface area contributed by atoms with Gasteiger partial charge in [-0.05, 0) is 41.6 Å². The van der Waals surface area contributed by atoms with E-state index in [2.05, 4.69) is 10.3 Å². The molecule has 11 heteroatoms. The second kappa shape index (κ2) is 9.18. The average molecular weight is 428 g/mol. The predicted molar refractivity (Wildman–Crippen MR) is 109 cm³/mol. The van der Waals surface area contributed by atoms with Crippen molar-refractivity contribution in [2.24, 2.45) is 0 Å². The van der Waals surface area contributed by atoms with Gasteiger partial charge in [0.25, 0.3) is 17.1 Å². The Balaban J connectivity index is 1.61. The van der Waals surface area contributed by atoms with Crippen LogP contribution >= 0.6 is 11.8 Å². The molecule has 1 aliphatic rings. The number of nitrogens with one attached hydrogen (secondary N) is 1. The van der Waals surface area contributed by atoms with Gasteiger partial charge in [0.2, 0.25) is 0 Å². The van der Waals surface area contributed by atoms with E-state index in [-0.39, 0.29) is 35.0 Å². The number of nitro benzene ring substituents is 1. The highest BCUT2D eigenvalue weighted by atomic mass is 32.2. The summed E-state index contributed by atoms with van der Waals surface area (Å²) in [5.41, 5.74) is 0.419. The standard InChI is InChI=1S/C19H16N4O6S/c1-29-15-5-4-13(10-14(15)23(27)28)17(24)21-7-8-22-18(25)16(30-19(22)26)9-12-3-2-6-20-11-12/h2-6,9-11H,7-8H2,1H3,(H,21,24)/b16-9+. The Morgan fingerprint density at radius 1 is 1.37 bits per heavy atom. The summed E-state index contributed by atoms with van der Waals surface area (Å²) >= 11 is 0.810. The molecule has 3 rings (SSSR count). The number of nitrogens with zero attached hydrogens (tertiary/aromatic N) is 3. The zero-order valence-corrected chi connectivity index (χ0v) is 16.5. The first-order valence-corrected chi connectivity index (χ1v) is 9.48. The fourth-order valence-electron chi connectivity index (χ4n) is 2.66. The highest BCUT2D eigenvalue weighted by Gasteiger charge is 2.34. The van der Waals surface area contributed by atoms with Gasteiger partial charge in [-0.2, -0.15) is 0 Å². The number of thioether (sulfide) groups is 1. The number of rotatable bonds is 7. The number of ether oxygens (including phenoxy) is 1. The van der Waals surface area contributed by atoms with Crippen LogP contribution in [0.2, 0.25) is 0 Å². The molecule has 0 saturated carbocycles. The maximum atomic E-state index is 12.5. The first-order chi connectivity index (χ1) is 14.4. The van der Waals surface area contributed by atoms with E-state index in [0.29, 0.717) is 5.56 Å². The topological polar surface area (TPSA) is 132 Å². The molecule has 0 aliphatic carbocycles. The zero-order valence-electron chi connectivity index (χ0n) is 15.7. The van der Waals surface area contributed by atoms with Crippen LogP contribution in [0.1, 0.15) is 15.9 Å². The molecule has 1 saturated heterocycles. The van der Waals surface area contributed by atoms with E-state index < -0.39 is 22.0 Å². The molecule has 154 valence electrons. The third-order valence-corrected chi connectivity index (χ3v) is 5.02. The van der Waals surface area contributed by atoms with Crippen molar-refractivity contribution in [3.63, 3.8) is 0 Å². The number of benzene rings is 1. The van der Waals surface area contributed by atoms with Crippen LogP contribution in [0, 0.1) is 10.1 Å². The number of nitro groups is 1. The van der Waals surface area contributed by atoms with Gasteiger partial charge in [0, 0.05) is 37.1 Å². The Labute approximate surface area is 175 Å². The molecule has 2 aromatic rings. The zero-order chi connectivity index (χ0) is 21.7. The fraction of sp³-hybridized carbons (Fsp3) is 0.158. The van der Waals surface area contributed by atoms with E-state index in [9.17, 15) is 24.5 Å². The molecule has 1 aromatic carbocycles. The third kappa shape index (κ3) is 4.63. The second-order valence-electron chi connectivity index (χ2n) is 6.02. The van der Waals surface area contributed by atoms with Crippen LogP contribution in [-0.4, -0.2) is 52.1 Å². The number of hydrogen-bond acceptors (Lipinski definition) is 8. The maximum Gasteiger partial charge on any atom is 0.311 e. The van der Waals surface area contributed by atoms with Crippen molar-refractivity contribution in [3.8, 4) is 5.75 Å². The lowest BCUT2D eigenvalue weighted by molar-refractivity contribution is -0.385. The summed E-state index contributed by atoms with van der Waals surface area (Å²) in [6, 6.07) is 7.29. The minimum Gasteiger partial charge on any atom is -0.490 e. The lowest BCUT2D eigenvalue weighted by atomic mass is 10.1. The second-order valence-corrected chi connectivity index (χ2v) is 7.01. The minimum absolute atomic E-state index is 0.00310. The molecule has 0 bridgehead atoms. The van der Waals surface area contributed by atoms with Crippen LogP contribution in [0.3, 0.4) is 0 Å². The first-order valence-electron chi connectivity index (χ1n) is 8.66. The number of pyridine rings is 1. The molecule has 1 aromatic heterocycles. The van der Waals surface area contributed by atoms with Crippen molar-refractivity contribution >= 4 is 40.6 Å². The maximum absolute atomic E-state index is 12.5. The Morgan fingerprint density at radius 2 is 2.17 bits per heavy atom. The highest BCUT2D eigenvalue weighted by molar-refractivity contribution is 8.18.